The summed E-state index contributed by atoms with van der Waals surface area (Å²) in [6.07, 6.45) is 4.94. The number of hydrogen-bond acceptors (Lipinski definition) is 3. The Morgan fingerprint density at radius 2 is 1.21 bits per heavy atom. The molecule has 0 amide bonds. The van der Waals surface area contributed by atoms with Crippen molar-refractivity contribution in [3.63, 3.8) is 0 Å². The Morgan fingerprint density at radius 3 is 1.69 bits per heavy atom. The summed E-state index contributed by atoms with van der Waals surface area (Å²) in [7, 11) is 1.71. The monoisotopic (exact) mass is 388 g/mol. The molecule has 0 aliphatic heterocycles. The van der Waals surface area contributed by atoms with Crippen molar-refractivity contribution in [2.45, 2.75) is 43.7 Å². The highest BCUT2D eigenvalue weighted by Gasteiger charge is 2.35. The van der Waals surface area contributed by atoms with Crippen molar-refractivity contribution in [3.05, 3.63) is 102 Å². The van der Waals surface area contributed by atoms with Gasteiger partial charge in [-0.3, -0.25) is 0 Å². The number of benzene rings is 3. The van der Waals surface area contributed by atoms with Crippen LogP contribution in [0.4, 0.5) is 0 Å². The smallest absolute Gasteiger partial charge is 0.118 e. The molecule has 0 unspecified atom stereocenters. The molecule has 0 radical (unpaired) electrons. The fourth-order valence-corrected chi connectivity index (χ4v) is 4.20. The van der Waals surface area contributed by atoms with Crippen LogP contribution in [0.25, 0.3) is 0 Å². The molecule has 0 aliphatic carbocycles. The second-order valence-electron chi connectivity index (χ2n) is 7.63. The second kappa shape index (κ2) is 10.2. The van der Waals surface area contributed by atoms with E-state index < -0.39 is 0 Å². The summed E-state index contributed by atoms with van der Waals surface area (Å²) >= 11 is 0. The predicted octanol–water partition coefficient (Wildman–Crippen LogP) is 5.22. The number of rotatable bonds is 10. The van der Waals surface area contributed by atoms with E-state index in [9.17, 15) is 0 Å². The van der Waals surface area contributed by atoms with Crippen LogP contribution in [0.15, 0.2) is 84.9 Å². The number of methoxy groups -OCH3 is 1. The summed E-state index contributed by atoms with van der Waals surface area (Å²) in [5, 5.41) is 0. The largest absolute Gasteiger partial charge is 0.497 e. The molecule has 3 aromatic rings. The Bertz CT molecular complexity index is 805. The van der Waals surface area contributed by atoms with Crippen LogP contribution in [0, 0.1) is 0 Å². The van der Waals surface area contributed by atoms with Gasteiger partial charge in [0, 0.05) is 5.41 Å². The fraction of sp³-hybridized carbons (Fsp3) is 0.308. The highest BCUT2D eigenvalue weighted by Crippen LogP contribution is 2.43. The highest BCUT2D eigenvalue weighted by atomic mass is 16.5. The summed E-state index contributed by atoms with van der Waals surface area (Å²) in [5.74, 6) is 0.876. The van der Waals surface area contributed by atoms with E-state index in [1.165, 1.54) is 16.7 Å². The maximum atomic E-state index is 5.73. The van der Waals surface area contributed by atoms with E-state index >= 15 is 0 Å². The molecular weight excluding hydrogens is 356 g/mol. The van der Waals surface area contributed by atoms with Crippen molar-refractivity contribution < 1.29 is 4.74 Å². The van der Waals surface area contributed by atoms with E-state index in [0.29, 0.717) is 0 Å². The maximum Gasteiger partial charge on any atom is 0.118 e. The zero-order valence-electron chi connectivity index (χ0n) is 17.3. The molecule has 0 aromatic heterocycles. The van der Waals surface area contributed by atoms with E-state index in [1.54, 1.807) is 7.11 Å². The minimum absolute atomic E-state index is 0.209. The van der Waals surface area contributed by atoms with Crippen LogP contribution >= 0.6 is 0 Å². The molecule has 3 nitrogen and oxygen atoms in total. The number of ether oxygens (including phenoxy) is 1. The number of hydrogen-bond donors (Lipinski definition) is 2. The molecule has 0 aliphatic rings. The Kier molecular flexibility index (Phi) is 7.45. The van der Waals surface area contributed by atoms with Gasteiger partial charge in [0.2, 0.25) is 0 Å². The fourth-order valence-electron chi connectivity index (χ4n) is 4.20. The van der Waals surface area contributed by atoms with Gasteiger partial charge in [0.15, 0.2) is 0 Å². The van der Waals surface area contributed by atoms with Crippen molar-refractivity contribution in [1.29, 1.82) is 0 Å². The standard InChI is InChI=1S/C26H32N2O/c1-29-24-18-16-23(17-19-24)26(21-11-5-2-6-12-21,22-13-7-3-8-14-22)20-10-4-9-15-25(27)28/h2-3,5-8,11-14,16-19,25H,4,9-10,15,20,27-28H2,1H3. The average molecular weight is 389 g/mol. The molecule has 0 bridgehead atoms. The van der Waals surface area contributed by atoms with Crippen LogP contribution < -0.4 is 16.2 Å². The van der Waals surface area contributed by atoms with Gasteiger partial charge in [0.05, 0.1) is 13.3 Å². The molecule has 0 spiro atoms. The lowest BCUT2D eigenvalue weighted by Gasteiger charge is -2.36. The van der Waals surface area contributed by atoms with Gasteiger partial charge in [-0.2, -0.15) is 0 Å². The van der Waals surface area contributed by atoms with Gasteiger partial charge in [-0.1, -0.05) is 92.1 Å². The molecule has 0 fully saturated rings. The molecule has 0 atom stereocenters. The Balaban J connectivity index is 2.03. The molecule has 0 saturated heterocycles. The van der Waals surface area contributed by atoms with Crippen molar-refractivity contribution in [2.24, 2.45) is 11.5 Å². The molecule has 0 heterocycles. The summed E-state index contributed by atoms with van der Waals surface area (Å²) in [5.41, 5.74) is 15.2. The maximum absolute atomic E-state index is 5.73. The van der Waals surface area contributed by atoms with E-state index in [-0.39, 0.29) is 11.6 Å². The molecule has 4 N–H and O–H groups in total. The van der Waals surface area contributed by atoms with Crippen molar-refractivity contribution >= 4 is 0 Å². The third-order valence-corrected chi connectivity index (χ3v) is 5.71. The molecule has 3 heteroatoms. The van der Waals surface area contributed by atoms with E-state index in [2.05, 4.69) is 84.9 Å². The Labute approximate surface area is 174 Å². The predicted molar refractivity (Wildman–Crippen MR) is 121 cm³/mol. The van der Waals surface area contributed by atoms with Gasteiger partial charge in [-0.15, -0.1) is 0 Å². The zero-order valence-corrected chi connectivity index (χ0v) is 17.3. The van der Waals surface area contributed by atoms with Crippen molar-refractivity contribution in [2.75, 3.05) is 7.11 Å². The lowest BCUT2D eigenvalue weighted by Crippen LogP contribution is -2.30. The Morgan fingerprint density at radius 1 is 0.690 bits per heavy atom. The van der Waals surface area contributed by atoms with Crippen LogP contribution in [0.2, 0.25) is 0 Å². The quantitative estimate of drug-likeness (QED) is 0.284. The minimum atomic E-state index is -0.218. The number of unbranched alkanes of at least 4 members (excludes halogenated alkanes) is 2. The summed E-state index contributed by atoms with van der Waals surface area (Å²) in [4.78, 5) is 0. The van der Waals surface area contributed by atoms with E-state index in [4.69, 9.17) is 16.2 Å². The second-order valence-corrected chi connectivity index (χ2v) is 7.63. The van der Waals surface area contributed by atoms with Crippen LogP contribution in [0.5, 0.6) is 5.75 Å². The number of nitrogens with two attached hydrogens (primary N) is 2. The molecular formula is C26H32N2O. The van der Waals surface area contributed by atoms with Crippen LogP contribution in [0.3, 0.4) is 0 Å². The van der Waals surface area contributed by atoms with Crippen molar-refractivity contribution in [3.8, 4) is 5.75 Å². The van der Waals surface area contributed by atoms with Gasteiger partial charge in [-0.25, -0.2) is 0 Å². The normalized spacial score (nSPS) is 11.6. The van der Waals surface area contributed by atoms with Gasteiger partial charge >= 0.3 is 0 Å². The summed E-state index contributed by atoms with van der Waals surface area (Å²) < 4.78 is 5.41. The molecule has 29 heavy (non-hydrogen) atoms. The van der Waals surface area contributed by atoms with Crippen LogP contribution in [0.1, 0.15) is 48.8 Å². The van der Waals surface area contributed by atoms with Gasteiger partial charge in [-0.05, 0) is 41.7 Å². The lowest BCUT2D eigenvalue weighted by molar-refractivity contribution is 0.414. The van der Waals surface area contributed by atoms with Gasteiger partial charge in [0.1, 0.15) is 5.75 Å². The molecule has 3 aromatic carbocycles. The third kappa shape index (κ3) is 5.06. The van der Waals surface area contributed by atoms with Gasteiger partial charge in [0.25, 0.3) is 0 Å². The SMILES string of the molecule is COc1ccc(C(CCCCCC(N)N)(c2ccccc2)c2ccccc2)cc1. The zero-order chi connectivity index (χ0) is 20.5. The topological polar surface area (TPSA) is 61.3 Å². The first kappa shape index (κ1) is 21.1. The third-order valence-electron chi connectivity index (χ3n) is 5.71. The van der Waals surface area contributed by atoms with E-state index in [0.717, 1.165) is 37.9 Å². The highest BCUT2D eigenvalue weighted by molar-refractivity contribution is 5.51. The summed E-state index contributed by atoms with van der Waals surface area (Å²) in [6, 6.07) is 30.2. The average Bonchev–Trinajstić information content (AvgIpc) is 2.77. The minimum Gasteiger partial charge on any atom is -0.497 e. The van der Waals surface area contributed by atoms with Gasteiger partial charge < -0.3 is 16.2 Å². The first-order valence-electron chi connectivity index (χ1n) is 10.4. The first-order chi connectivity index (χ1) is 14.2. The lowest BCUT2D eigenvalue weighted by atomic mass is 9.66. The Hall–Kier alpha value is -2.62. The summed E-state index contributed by atoms with van der Waals surface area (Å²) in [6.45, 7) is 0. The van der Waals surface area contributed by atoms with E-state index in [1.807, 2.05) is 0 Å². The first-order valence-corrected chi connectivity index (χ1v) is 10.4. The van der Waals surface area contributed by atoms with Crippen LogP contribution in [-0.4, -0.2) is 13.3 Å². The van der Waals surface area contributed by atoms with Crippen LogP contribution in [-0.2, 0) is 5.41 Å². The molecule has 152 valence electrons. The molecule has 0 saturated carbocycles. The van der Waals surface area contributed by atoms with Crippen molar-refractivity contribution in [1.82, 2.24) is 0 Å². The molecule has 3 rings (SSSR count).